The molecule has 3 aromatic rings. The van der Waals surface area contributed by atoms with Gasteiger partial charge in [0.15, 0.2) is 9.84 Å². The van der Waals surface area contributed by atoms with Crippen LogP contribution in [0.2, 0.25) is 5.02 Å². The van der Waals surface area contributed by atoms with Gasteiger partial charge in [0.1, 0.15) is 11.0 Å². The van der Waals surface area contributed by atoms with Crippen LogP contribution in [0.15, 0.2) is 82.3 Å². The highest BCUT2D eigenvalue weighted by molar-refractivity contribution is 7.91. The molecule has 32 heavy (non-hydrogen) atoms. The Morgan fingerprint density at radius 3 is 2.25 bits per heavy atom. The van der Waals surface area contributed by atoms with Gasteiger partial charge in [0.2, 0.25) is 0 Å². The number of carbonyl (C=O) groups is 2. The molecule has 0 fully saturated rings. The molecule has 0 spiro atoms. The monoisotopic (exact) mass is 474 g/mol. The van der Waals surface area contributed by atoms with Gasteiger partial charge in [-0.2, -0.15) is 0 Å². The average Bonchev–Trinajstić information content (AvgIpc) is 3.32. The molecule has 1 aromatic heterocycles. The first-order valence-corrected chi connectivity index (χ1v) is 11.9. The van der Waals surface area contributed by atoms with E-state index in [4.69, 9.17) is 16.0 Å². The summed E-state index contributed by atoms with van der Waals surface area (Å²) < 4.78 is 31.5. The molecule has 0 bridgehead atoms. The largest absolute Gasteiger partial charge is 0.468 e. The zero-order valence-electron chi connectivity index (χ0n) is 17.2. The van der Waals surface area contributed by atoms with Gasteiger partial charge < -0.3 is 15.1 Å². The van der Waals surface area contributed by atoms with Crippen molar-refractivity contribution < 1.29 is 22.4 Å². The molecule has 2 N–H and O–H groups in total. The van der Waals surface area contributed by atoms with Gasteiger partial charge in [-0.05, 0) is 54.8 Å². The molecule has 9 heteroatoms. The minimum atomic E-state index is -3.91. The second kappa shape index (κ2) is 11.0. The Kier molecular flexibility index (Phi) is 8.08. The fourth-order valence-corrected chi connectivity index (χ4v) is 4.82. The molecule has 0 saturated carbocycles. The van der Waals surface area contributed by atoms with Crippen LogP contribution < -0.4 is 10.6 Å². The fourth-order valence-electron chi connectivity index (χ4n) is 3.11. The molecule has 3 rings (SSSR count). The molecule has 0 aliphatic carbocycles. The van der Waals surface area contributed by atoms with E-state index in [1.54, 1.807) is 6.07 Å². The predicted octanol–water partition coefficient (Wildman–Crippen LogP) is 3.31. The van der Waals surface area contributed by atoms with E-state index in [9.17, 15) is 18.0 Å². The maximum Gasteiger partial charge on any atom is 0.309 e. The van der Waals surface area contributed by atoms with Crippen LogP contribution >= 0.6 is 11.6 Å². The first-order valence-electron chi connectivity index (χ1n) is 10.0. The van der Waals surface area contributed by atoms with Crippen LogP contribution in [0, 0.1) is 0 Å². The third kappa shape index (κ3) is 6.21. The first-order chi connectivity index (χ1) is 15.4. The summed E-state index contributed by atoms with van der Waals surface area (Å²) in [6.07, 6.45) is 2.78. The Hall–Kier alpha value is -3.10. The molecule has 168 valence electrons. The summed E-state index contributed by atoms with van der Waals surface area (Å²) in [5.41, 5.74) is 1.14. The first kappa shape index (κ1) is 23.6. The zero-order valence-corrected chi connectivity index (χ0v) is 18.7. The van der Waals surface area contributed by atoms with Crippen molar-refractivity contribution in [3.05, 3.63) is 89.3 Å². The number of rotatable bonds is 9. The van der Waals surface area contributed by atoms with Crippen LogP contribution in [-0.4, -0.2) is 33.3 Å². The number of hydrogen-bond acceptors (Lipinski definition) is 5. The van der Waals surface area contributed by atoms with E-state index in [0.29, 0.717) is 18.0 Å². The third-order valence-corrected chi connectivity index (χ3v) is 7.13. The normalized spacial score (nSPS) is 12.2. The number of aryl methyl sites for hydroxylation is 1. The van der Waals surface area contributed by atoms with Crippen LogP contribution in [0.3, 0.4) is 0 Å². The van der Waals surface area contributed by atoms with Crippen molar-refractivity contribution in [2.24, 2.45) is 0 Å². The lowest BCUT2D eigenvalue weighted by Gasteiger charge is -2.16. The number of hydrogen-bond donors (Lipinski definition) is 2. The van der Waals surface area contributed by atoms with E-state index < -0.39 is 26.9 Å². The Balaban J connectivity index is 1.58. The Morgan fingerprint density at radius 2 is 1.59 bits per heavy atom. The van der Waals surface area contributed by atoms with Gasteiger partial charge in [0.25, 0.3) is 0 Å². The second-order valence-corrected chi connectivity index (χ2v) is 9.62. The maximum absolute atomic E-state index is 13.1. The van der Waals surface area contributed by atoms with Crippen LogP contribution in [0.5, 0.6) is 0 Å². The van der Waals surface area contributed by atoms with Gasteiger partial charge in [0.05, 0.1) is 11.2 Å². The zero-order chi connectivity index (χ0) is 23.0. The Labute approximate surface area is 191 Å². The van der Waals surface area contributed by atoms with Gasteiger partial charge in [-0.25, -0.2) is 8.42 Å². The number of carbonyl (C=O) groups excluding carboxylic acids is 2. The van der Waals surface area contributed by atoms with E-state index in [2.05, 4.69) is 10.6 Å². The number of benzene rings is 2. The van der Waals surface area contributed by atoms with Gasteiger partial charge in [0, 0.05) is 18.1 Å². The Bertz CT molecular complexity index is 1130. The molecule has 0 radical (unpaired) electrons. The van der Waals surface area contributed by atoms with Crippen LogP contribution in [-0.2, 0) is 25.8 Å². The van der Waals surface area contributed by atoms with Gasteiger partial charge >= 0.3 is 11.8 Å². The SMILES string of the molecule is O=C(NCCCc1ccccc1)C(=O)NC[C@@H](c1ccco1)S(=O)(=O)c1ccc(Cl)cc1. The van der Waals surface area contributed by atoms with E-state index in [-0.39, 0.29) is 17.2 Å². The van der Waals surface area contributed by atoms with Gasteiger partial charge in [-0.3, -0.25) is 9.59 Å². The van der Waals surface area contributed by atoms with E-state index in [0.717, 1.165) is 12.0 Å². The highest BCUT2D eigenvalue weighted by Gasteiger charge is 2.32. The number of sulfone groups is 1. The second-order valence-electron chi connectivity index (χ2n) is 7.06. The van der Waals surface area contributed by atoms with E-state index in [1.165, 1.54) is 36.6 Å². The highest BCUT2D eigenvalue weighted by Crippen LogP contribution is 2.29. The van der Waals surface area contributed by atoms with Crippen molar-refractivity contribution in [1.82, 2.24) is 10.6 Å². The molecule has 1 atom stereocenters. The predicted molar refractivity (Wildman–Crippen MR) is 121 cm³/mol. The minimum Gasteiger partial charge on any atom is -0.468 e. The van der Waals surface area contributed by atoms with Gasteiger partial charge in [-0.15, -0.1) is 0 Å². The topological polar surface area (TPSA) is 105 Å². The van der Waals surface area contributed by atoms with Crippen molar-refractivity contribution in [3.63, 3.8) is 0 Å². The lowest BCUT2D eigenvalue weighted by atomic mass is 10.1. The lowest BCUT2D eigenvalue weighted by Crippen LogP contribution is -2.42. The van der Waals surface area contributed by atoms with E-state index in [1.807, 2.05) is 30.3 Å². The summed E-state index contributed by atoms with van der Waals surface area (Å²) in [4.78, 5) is 24.4. The van der Waals surface area contributed by atoms with Crippen LogP contribution in [0.25, 0.3) is 0 Å². The molecule has 7 nitrogen and oxygen atoms in total. The van der Waals surface area contributed by atoms with Crippen molar-refractivity contribution in [3.8, 4) is 0 Å². The maximum atomic E-state index is 13.1. The molecule has 2 aromatic carbocycles. The minimum absolute atomic E-state index is 0.0305. The van der Waals surface area contributed by atoms with Crippen molar-refractivity contribution >= 4 is 33.3 Å². The molecule has 2 amide bonds. The van der Waals surface area contributed by atoms with Crippen molar-refractivity contribution in [2.75, 3.05) is 13.1 Å². The molecular weight excluding hydrogens is 452 g/mol. The van der Waals surface area contributed by atoms with Gasteiger partial charge in [-0.1, -0.05) is 41.9 Å². The standard InChI is InChI=1S/C23H23ClN2O5S/c24-18-10-12-19(13-11-18)32(29,30)21(20-9-5-15-31-20)16-26-23(28)22(27)25-14-4-8-17-6-2-1-3-7-17/h1-3,5-7,9-13,15,21H,4,8,14,16H2,(H,25,27)(H,26,28)/t21-/m0/s1. The summed E-state index contributed by atoms with van der Waals surface area (Å²) in [6, 6.07) is 18.6. The molecule has 0 unspecified atom stereocenters. The molecule has 0 saturated heterocycles. The van der Waals surface area contributed by atoms with Crippen molar-refractivity contribution in [1.29, 1.82) is 0 Å². The summed E-state index contributed by atoms with van der Waals surface area (Å²) in [5.74, 6) is -1.57. The highest BCUT2D eigenvalue weighted by atomic mass is 35.5. The molecule has 1 heterocycles. The van der Waals surface area contributed by atoms with Crippen molar-refractivity contribution in [2.45, 2.75) is 23.0 Å². The summed E-state index contributed by atoms with van der Waals surface area (Å²) in [5, 5.41) is 4.15. The summed E-state index contributed by atoms with van der Waals surface area (Å²) in [6.45, 7) is 0.000571. The Morgan fingerprint density at radius 1 is 0.906 bits per heavy atom. The number of nitrogens with one attached hydrogen (secondary N) is 2. The number of halogens is 1. The lowest BCUT2D eigenvalue weighted by molar-refractivity contribution is -0.139. The van der Waals surface area contributed by atoms with E-state index >= 15 is 0 Å². The third-order valence-electron chi connectivity index (χ3n) is 4.80. The average molecular weight is 475 g/mol. The number of furan rings is 1. The van der Waals surface area contributed by atoms with Crippen LogP contribution in [0.1, 0.15) is 23.0 Å². The quantitative estimate of drug-likeness (QED) is 0.365. The summed E-state index contributed by atoms with van der Waals surface area (Å²) in [7, 11) is -3.91. The molecule has 0 aliphatic heterocycles. The number of amides is 2. The van der Waals surface area contributed by atoms with Crippen LogP contribution in [0.4, 0.5) is 0 Å². The smallest absolute Gasteiger partial charge is 0.309 e. The molecule has 0 aliphatic rings. The molecular formula is C23H23ClN2O5S. The fraction of sp³-hybridized carbons (Fsp3) is 0.217. The summed E-state index contributed by atoms with van der Waals surface area (Å²) >= 11 is 5.85.